The average Bonchev–Trinajstić information content (AvgIpc) is 2.43. The van der Waals surface area contributed by atoms with E-state index < -0.39 is 23.1 Å². The molecular formula is C16H25ClF2N2O. The van der Waals surface area contributed by atoms with Gasteiger partial charge in [0.1, 0.15) is 11.4 Å². The normalized spacial score (nSPS) is 10.1. The Hall–Kier alpha value is -1.36. The van der Waals surface area contributed by atoms with Crippen LogP contribution in [0.2, 0.25) is 0 Å². The number of anilines is 1. The molecule has 0 radical (unpaired) electrons. The van der Waals surface area contributed by atoms with E-state index in [-0.39, 0.29) is 18.1 Å². The molecule has 0 saturated heterocycles. The van der Waals surface area contributed by atoms with Gasteiger partial charge in [-0.1, -0.05) is 45.4 Å². The molecule has 1 aromatic carbocycles. The van der Waals surface area contributed by atoms with E-state index in [1.165, 1.54) is 38.2 Å². The Morgan fingerprint density at radius 3 is 2.27 bits per heavy atom. The van der Waals surface area contributed by atoms with Crippen molar-refractivity contribution in [1.29, 1.82) is 0 Å². The Labute approximate surface area is 137 Å². The molecule has 1 rings (SSSR count). The summed E-state index contributed by atoms with van der Waals surface area (Å²) in [7, 11) is 0. The summed E-state index contributed by atoms with van der Waals surface area (Å²) in [5.41, 5.74) is 4.41. The zero-order chi connectivity index (χ0) is 15.7. The third kappa shape index (κ3) is 6.60. The van der Waals surface area contributed by atoms with Gasteiger partial charge in [-0.15, -0.1) is 12.4 Å². The molecule has 3 nitrogen and oxygen atoms in total. The van der Waals surface area contributed by atoms with Crippen LogP contribution in [0.5, 0.6) is 0 Å². The van der Waals surface area contributed by atoms with Crippen LogP contribution in [0, 0.1) is 11.6 Å². The molecule has 0 aliphatic heterocycles. The molecule has 0 saturated carbocycles. The van der Waals surface area contributed by atoms with Crippen LogP contribution >= 0.6 is 12.4 Å². The number of amides is 1. The first-order chi connectivity index (χ1) is 10.1. The Kier molecular flexibility index (Phi) is 10.5. The van der Waals surface area contributed by atoms with Crippen molar-refractivity contribution in [3.63, 3.8) is 0 Å². The Bertz CT molecular complexity index is 470. The van der Waals surface area contributed by atoms with E-state index in [9.17, 15) is 13.6 Å². The Balaban J connectivity index is 0.00000441. The van der Waals surface area contributed by atoms with Gasteiger partial charge >= 0.3 is 0 Å². The first kappa shape index (κ1) is 20.6. The molecule has 126 valence electrons. The minimum absolute atomic E-state index is 0. The monoisotopic (exact) mass is 334 g/mol. The highest BCUT2D eigenvalue weighted by atomic mass is 35.5. The van der Waals surface area contributed by atoms with Crippen molar-refractivity contribution in [2.75, 3.05) is 11.9 Å². The fraction of sp³-hybridized carbons (Fsp3) is 0.562. The molecule has 0 aliphatic rings. The van der Waals surface area contributed by atoms with Crippen LogP contribution in [-0.4, -0.2) is 12.5 Å². The summed E-state index contributed by atoms with van der Waals surface area (Å²) in [6.45, 7) is 2.77. The smallest absolute Gasteiger partial charge is 0.254 e. The van der Waals surface area contributed by atoms with Crippen molar-refractivity contribution in [1.82, 2.24) is 0 Å². The summed E-state index contributed by atoms with van der Waals surface area (Å²) < 4.78 is 27.2. The third-order valence-electron chi connectivity index (χ3n) is 3.43. The van der Waals surface area contributed by atoms with E-state index in [0.717, 1.165) is 18.9 Å². The SMILES string of the molecule is CCCCCCCCCNc1ccc(F)c(C(N)=O)c1F.Cl. The summed E-state index contributed by atoms with van der Waals surface area (Å²) in [6, 6.07) is 2.34. The van der Waals surface area contributed by atoms with Crippen LogP contribution < -0.4 is 11.1 Å². The van der Waals surface area contributed by atoms with Crippen molar-refractivity contribution in [3.05, 3.63) is 29.3 Å². The van der Waals surface area contributed by atoms with Crippen molar-refractivity contribution < 1.29 is 13.6 Å². The highest BCUT2D eigenvalue weighted by Crippen LogP contribution is 2.21. The highest BCUT2D eigenvalue weighted by molar-refractivity contribution is 5.94. The second-order valence-corrected chi connectivity index (χ2v) is 5.20. The zero-order valence-corrected chi connectivity index (χ0v) is 13.8. The summed E-state index contributed by atoms with van der Waals surface area (Å²) >= 11 is 0. The first-order valence-electron chi connectivity index (χ1n) is 7.59. The molecule has 0 fully saturated rings. The molecular weight excluding hydrogens is 310 g/mol. The molecule has 22 heavy (non-hydrogen) atoms. The molecule has 1 amide bonds. The number of hydrogen-bond donors (Lipinski definition) is 2. The number of nitrogens with one attached hydrogen (secondary N) is 1. The quantitative estimate of drug-likeness (QED) is 0.612. The molecule has 0 bridgehead atoms. The molecule has 0 aromatic heterocycles. The Morgan fingerprint density at radius 2 is 1.68 bits per heavy atom. The lowest BCUT2D eigenvalue weighted by molar-refractivity contribution is 0.0992. The van der Waals surface area contributed by atoms with Crippen molar-refractivity contribution in [3.8, 4) is 0 Å². The molecule has 0 spiro atoms. The van der Waals surface area contributed by atoms with Crippen LogP contribution in [-0.2, 0) is 0 Å². The van der Waals surface area contributed by atoms with Gasteiger partial charge in [-0.05, 0) is 18.6 Å². The average molecular weight is 335 g/mol. The number of primary amides is 1. The topological polar surface area (TPSA) is 55.1 Å². The molecule has 1 aromatic rings. The van der Waals surface area contributed by atoms with Gasteiger partial charge in [-0.3, -0.25) is 4.79 Å². The number of hydrogen-bond acceptors (Lipinski definition) is 2. The molecule has 6 heteroatoms. The van der Waals surface area contributed by atoms with Gasteiger partial charge in [0, 0.05) is 6.54 Å². The number of rotatable bonds is 10. The van der Waals surface area contributed by atoms with Crippen LogP contribution in [0.15, 0.2) is 12.1 Å². The maximum atomic E-state index is 13.9. The van der Waals surface area contributed by atoms with E-state index in [1.54, 1.807) is 0 Å². The summed E-state index contributed by atoms with van der Waals surface area (Å²) in [5, 5.41) is 2.89. The van der Waals surface area contributed by atoms with E-state index in [1.807, 2.05) is 0 Å². The second-order valence-electron chi connectivity index (χ2n) is 5.20. The van der Waals surface area contributed by atoms with Crippen molar-refractivity contribution in [2.24, 2.45) is 5.73 Å². The minimum Gasteiger partial charge on any atom is -0.383 e. The highest BCUT2D eigenvalue weighted by Gasteiger charge is 2.17. The number of unbranched alkanes of at least 4 members (excludes halogenated alkanes) is 6. The minimum atomic E-state index is -1.09. The number of nitrogens with two attached hydrogens (primary N) is 1. The number of halogens is 3. The number of carbonyl (C=O) groups is 1. The standard InChI is InChI=1S/C16H24F2N2O.ClH/c1-2-3-4-5-6-7-8-11-20-13-10-9-12(17)14(15(13)18)16(19)21;/h9-10,20H,2-8,11H2,1H3,(H2,19,21);1H. The third-order valence-corrected chi connectivity index (χ3v) is 3.43. The fourth-order valence-electron chi connectivity index (χ4n) is 2.22. The van der Waals surface area contributed by atoms with E-state index in [2.05, 4.69) is 12.2 Å². The molecule has 0 atom stereocenters. The lowest BCUT2D eigenvalue weighted by atomic mass is 10.1. The number of carbonyl (C=O) groups excluding carboxylic acids is 1. The molecule has 0 heterocycles. The summed E-state index contributed by atoms with van der Waals surface area (Å²) in [5.74, 6) is -2.93. The lowest BCUT2D eigenvalue weighted by Gasteiger charge is -2.10. The van der Waals surface area contributed by atoms with Gasteiger partial charge in [-0.2, -0.15) is 0 Å². The van der Waals surface area contributed by atoms with Gasteiger partial charge < -0.3 is 11.1 Å². The van der Waals surface area contributed by atoms with Gasteiger partial charge in [0.25, 0.3) is 5.91 Å². The lowest BCUT2D eigenvalue weighted by Crippen LogP contribution is -2.17. The first-order valence-corrected chi connectivity index (χ1v) is 7.59. The zero-order valence-electron chi connectivity index (χ0n) is 13.0. The van der Waals surface area contributed by atoms with Crippen LogP contribution in [0.3, 0.4) is 0 Å². The van der Waals surface area contributed by atoms with Crippen molar-refractivity contribution in [2.45, 2.75) is 51.9 Å². The molecule has 0 unspecified atom stereocenters. The maximum Gasteiger partial charge on any atom is 0.254 e. The summed E-state index contributed by atoms with van der Waals surface area (Å²) in [6.07, 6.45) is 8.14. The summed E-state index contributed by atoms with van der Waals surface area (Å²) in [4.78, 5) is 11.0. The molecule has 0 aliphatic carbocycles. The van der Waals surface area contributed by atoms with Crippen LogP contribution in [0.1, 0.15) is 62.2 Å². The fourth-order valence-corrected chi connectivity index (χ4v) is 2.22. The van der Waals surface area contributed by atoms with E-state index >= 15 is 0 Å². The van der Waals surface area contributed by atoms with Gasteiger partial charge in [0.2, 0.25) is 0 Å². The van der Waals surface area contributed by atoms with Crippen LogP contribution in [0.4, 0.5) is 14.5 Å². The predicted octanol–water partition coefficient (Wildman–Crippen LogP) is 4.65. The van der Waals surface area contributed by atoms with E-state index in [4.69, 9.17) is 5.73 Å². The molecule has 3 N–H and O–H groups in total. The Morgan fingerprint density at radius 1 is 1.09 bits per heavy atom. The van der Waals surface area contributed by atoms with Gasteiger partial charge in [0.15, 0.2) is 5.82 Å². The van der Waals surface area contributed by atoms with Gasteiger partial charge in [0.05, 0.1) is 5.69 Å². The second kappa shape index (κ2) is 11.2. The van der Waals surface area contributed by atoms with Crippen molar-refractivity contribution >= 4 is 24.0 Å². The largest absolute Gasteiger partial charge is 0.383 e. The van der Waals surface area contributed by atoms with Crippen LogP contribution in [0.25, 0.3) is 0 Å². The van der Waals surface area contributed by atoms with Gasteiger partial charge in [-0.25, -0.2) is 8.78 Å². The maximum absolute atomic E-state index is 13.9. The predicted molar refractivity (Wildman–Crippen MR) is 88.6 cm³/mol. The van der Waals surface area contributed by atoms with E-state index in [0.29, 0.717) is 6.54 Å². The number of benzene rings is 1.